The van der Waals surface area contributed by atoms with Gasteiger partial charge in [0.1, 0.15) is 11.5 Å². The number of thioether (sulfide) groups is 1. The van der Waals surface area contributed by atoms with Crippen molar-refractivity contribution in [3.63, 3.8) is 0 Å². The van der Waals surface area contributed by atoms with Gasteiger partial charge in [-0.2, -0.15) is 11.8 Å². The van der Waals surface area contributed by atoms with Crippen molar-refractivity contribution in [1.29, 1.82) is 0 Å². The first-order chi connectivity index (χ1) is 9.60. The molecule has 20 heavy (non-hydrogen) atoms. The van der Waals surface area contributed by atoms with E-state index in [2.05, 4.69) is 44.5 Å². The van der Waals surface area contributed by atoms with E-state index in [0.717, 1.165) is 41.6 Å². The number of hydrogen-bond donors (Lipinski definition) is 1. The lowest BCUT2D eigenvalue weighted by Gasteiger charge is -2.37. The first-order valence-electron chi connectivity index (χ1n) is 7.90. The summed E-state index contributed by atoms with van der Waals surface area (Å²) < 4.78 is 5.85. The van der Waals surface area contributed by atoms with Gasteiger partial charge in [0, 0.05) is 6.04 Å². The topological polar surface area (TPSA) is 25.2 Å². The quantitative estimate of drug-likeness (QED) is 0.824. The molecule has 0 aromatic carbocycles. The zero-order chi connectivity index (χ0) is 14.5. The van der Waals surface area contributed by atoms with Gasteiger partial charge in [-0.1, -0.05) is 27.2 Å². The SMILES string of the molecule is CSCc1ccc(CNC2CC(C)CCC2C(C)C)o1. The van der Waals surface area contributed by atoms with Crippen LogP contribution in [0.2, 0.25) is 0 Å². The molecule has 0 radical (unpaired) electrons. The normalized spacial score (nSPS) is 27.1. The van der Waals surface area contributed by atoms with Crippen molar-refractivity contribution < 1.29 is 4.42 Å². The highest BCUT2D eigenvalue weighted by molar-refractivity contribution is 7.97. The first-order valence-corrected chi connectivity index (χ1v) is 9.29. The third-order valence-electron chi connectivity index (χ3n) is 4.56. The molecule has 1 aliphatic carbocycles. The van der Waals surface area contributed by atoms with Crippen LogP contribution in [0, 0.1) is 17.8 Å². The van der Waals surface area contributed by atoms with Crippen LogP contribution in [0.5, 0.6) is 0 Å². The summed E-state index contributed by atoms with van der Waals surface area (Å²) in [5.74, 6) is 5.57. The van der Waals surface area contributed by atoms with E-state index in [4.69, 9.17) is 4.42 Å². The lowest BCUT2D eigenvalue weighted by atomic mass is 9.74. The lowest BCUT2D eigenvalue weighted by molar-refractivity contribution is 0.166. The van der Waals surface area contributed by atoms with Crippen molar-refractivity contribution in [3.8, 4) is 0 Å². The van der Waals surface area contributed by atoms with Crippen molar-refractivity contribution in [2.45, 2.75) is 58.4 Å². The monoisotopic (exact) mass is 295 g/mol. The molecule has 1 aromatic rings. The van der Waals surface area contributed by atoms with Crippen LogP contribution in [-0.4, -0.2) is 12.3 Å². The fraction of sp³-hybridized carbons (Fsp3) is 0.765. The van der Waals surface area contributed by atoms with Gasteiger partial charge in [0.05, 0.1) is 12.3 Å². The van der Waals surface area contributed by atoms with Gasteiger partial charge in [-0.3, -0.25) is 0 Å². The van der Waals surface area contributed by atoms with E-state index in [1.165, 1.54) is 19.3 Å². The van der Waals surface area contributed by atoms with E-state index >= 15 is 0 Å². The Balaban J connectivity index is 1.89. The van der Waals surface area contributed by atoms with E-state index in [0.29, 0.717) is 6.04 Å². The minimum atomic E-state index is 0.646. The molecule has 1 aromatic heterocycles. The number of rotatable bonds is 6. The second-order valence-corrected chi connectivity index (χ2v) is 7.48. The Bertz CT molecular complexity index is 401. The average Bonchev–Trinajstić information content (AvgIpc) is 2.84. The molecule has 0 spiro atoms. The van der Waals surface area contributed by atoms with Crippen LogP contribution in [0.4, 0.5) is 0 Å². The fourth-order valence-electron chi connectivity index (χ4n) is 3.41. The predicted octanol–water partition coefficient (Wildman–Crippen LogP) is 4.69. The Kier molecular flexibility index (Phi) is 6.03. The van der Waals surface area contributed by atoms with Crippen molar-refractivity contribution in [1.82, 2.24) is 5.32 Å². The smallest absolute Gasteiger partial charge is 0.118 e. The Morgan fingerprint density at radius 3 is 2.75 bits per heavy atom. The van der Waals surface area contributed by atoms with E-state index < -0.39 is 0 Å². The van der Waals surface area contributed by atoms with Gasteiger partial charge in [0.15, 0.2) is 0 Å². The molecular formula is C17H29NOS. The Morgan fingerprint density at radius 2 is 2.05 bits per heavy atom. The minimum Gasteiger partial charge on any atom is -0.464 e. The Hall–Kier alpha value is -0.410. The first kappa shape index (κ1) is 16.0. The van der Waals surface area contributed by atoms with Crippen molar-refractivity contribution in [3.05, 3.63) is 23.7 Å². The second-order valence-electron chi connectivity index (χ2n) is 6.61. The summed E-state index contributed by atoms with van der Waals surface area (Å²) in [6.07, 6.45) is 6.17. The summed E-state index contributed by atoms with van der Waals surface area (Å²) in [5, 5.41) is 3.75. The highest BCUT2D eigenvalue weighted by atomic mass is 32.2. The van der Waals surface area contributed by atoms with Crippen LogP contribution in [0.15, 0.2) is 16.5 Å². The molecule has 1 fully saturated rings. The molecule has 3 unspecified atom stereocenters. The summed E-state index contributed by atoms with van der Waals surface area (Å²) in [6.45, 7) is 7.97. The van der Waals surface area contributed by atoms with Crippen molar-refractivity contribution in [2.24, 2.45) is 17.8 Å². The standard InChI is InChI=1S/C17H29NOS/c1-12(2)16-8-5-13(3)9-17(16)18-10-14-6-7-15(19-14)11-20-4/h6-7,12-13,16-18H,5,8-11H2,1-4H3. The van der Waals surface area contributed by atoms with Gasteiger partial charge < -0.3 is 9.73 Å². The van der Waals surface area contributed by atoms with Crippen LogP contribution in [0.3, 0.4) is 0 Å². The maximum atomic E-state index is 5.85. The average molecular weight is 295 g/mol. The molecule has 0 bridgehead atoms. The van der Waals surface area contributed by atoms with Gasteiger partial charge in [-0.15, -0.1) is 0 Å². The minimum absolute atomic E-state index is 0.646. The van der Waals surface area contributed by atoms with E-state index in [9.17, 15) is 0 Å². The van der Waals surface area contributed by atoms with Gasteiger partial charge in [0.2, 0.25) is 0 Å². The molecule has 2 nitrogen and oxygen atoms in total. The van der Waals surface area contributed by atoms with Gasteiger partial charge >= 0.3 is 0 Å². The van der Waals surface area contributed by atoms with E-state index in [-0.39, 0.29) is 0 Å². The highest BCUT2D eigenvalue weighted by Crippen LogP contribution is 2.33. The predicted molar refractivity (Wildman–Crippen MR) is 87.9 cm³/mol. The third kappa shape index (κ3) is 4.29. The molecule has 1 saturated carbocycles. The molecule has 3 atom stereocenters. The van der Waals surface area contributed by atoms with Crippen LogP contribution in [0.25, 0.3) is 0 Å². The number of furan rings is 1. The van der Waals surface area contributed by atoms with Gasteiger partial charge in [0.25, 0.3) is 0 Å². The molecule has 0 saturated heterocycles. The highest BCUT2D eigenvalue weighted by Gasteiger charge is 2.30. The molecule has 0 amide bonds. The summed E-state index contributed by atoms with van der Waals surface area (Å²) in [4.78, 5) is 0. The molecule has 2 rings (SSSR count). The maximum Gasteiger partial charge on any atom is 0.118 e. The molecule has 1 N–H and O–H groups in total. The Morgan fingerprint density at radius 1 is 1.30 bits per heavy atom. The maximum absolute atomic E-state index is 5.85. The molecule has 114 valence electrons. The van der Waals surface area contributed by atoms with Crippen LogP contribution < -0.4 is 5.32 Å². The summed E-state index contributed by atoms with van der Waals surface area (Å²) in [7, 11) is 0. The summed E-state index contributed by atoms with van der Waals surface area (Å²) >= 11 is 1.80. The van der Waals surface area contributed by atoms with E-state index in [1.807, 2.05) is 0 Å². The van der Waals surface area contributed by atoms with Crippen LogP contribution >= 0.6 is 11.8 Å². The molecular weight excluding hydrogens is 266 g/mol. The van der Waals surface area contributed by atoms with Crippen molar-refractivity contribution >= 4 is 11.8 Å². The molecule has 1 aliphatic rings. The number of nitrogens with one attached hydrogen (secondary N) is 1. The molecule has 3 heteroatoms. The zero-order valence-corrected chi connectivity index (χ0v) is 14.1. The van der Waals surface area contributed by atoms with E-state index in [1.54, 1.807) is 11.8 Å². The van der Waals surface area contributed by atoms with Gasteiger partial charge in [-0.05, 0) is 49.0 Å². The largest absolute Gasteiger partial charge is 0.464 e. The Labute approximate surface area is 128 Å². The lowest BCUT2D eigenvalue weighted by Crippen LogP contribution is -2.42. The van der Waals surface area contributed by atoms with Crippen LogP contribution in [-0.2, 0) is 12.3 Å². The zero-order valence-electron chi connectivity index (χ0n) is 13.3. The van der Waals surface area contributed by atoms with Crippen LogP contribution in [0.1, 0.15) is 51.6 Å². The molecule has 0 aliphatic heterocycles. The number of hydrogen-bond acceptors (Lipinski definition) is 3. The third-order valence-corrected chi connectivity index (χ3v) is 5.14. The summed E-state index contributed by atoms with van der Waals surface area (Å²) in [6, 6.07) is 4.87. The molecule has 1 heterocycles. The van der Waals surface area contributed by atoms with Crippen molar-refractivity contribution in [2.75, 3.05) is 6.26 Å². The second kappa shape index (κ2) is 7.56. The van der Waals surface area contributed by atoms with Gasteiger partial charge in [-0.25, -0.2) is 0 Å². The fourth-order valence-corrected chi connectivity index (χ4v) is 3.85. The summed E-state index contributed by atoms with van der Waals surface area (Å²) in [5.41, 5.74) is 0.